The zero-order chi connectivity index (χ0) is 101. The Kier molecular flexibility index (Phi) is 32.4. The van der Waals surface area contributed by atoms with Gasteiger partial charge in [0.05, 0.1) is 50.4 Å². The van der Waals surface area contributed by atoms with Crippen molar-refractivity contribution < 1.29 is 60.3 Å². The van der Waals surface area contributed by atoms with Crippen molar-refractivity contribution in [2.75, 3.05) is 0 Å². The molecule has 0 aliphatic heterocycles. The van der Waals surface area contributed by atoms with Gasteiger partial charge in [0.25, 0.3) is 0 Å². The second-order valence-corrected chi connectivity index (χ2v) is 40.8. The summed E-state index contributed by atoms with van der Waals surface area (Å²) in [7, 11) is 0. The fourth-order valence-electron chi connectivity index (χ4n) is 22.4. The number of nitrogens with zero attached hydrogens (tertiary/aromatic N) is 9. The van der Waals surface area contributed by atoms with Gasteiger partial charge in [0.15, 0.2) is 0 Å². The quantitative estimate of drug-likeness (QED) is 0.0545. The Morgan fingerprint density at radius 1 is 0.240 bits per heavy atom. The molecule has 0 N–H and O–H groups in total. The third-order valence-corrected chi connectivity index (χ3v) is 31.2. The van der Waals surface area contributed by atoms with E-state index in [4.69, 9.17) is 44.9 Å². The number of pyridine rings is 9. The van der Waals surface area contributed by atoms with Crippen LogP contribution in [0.5, 0.6) is 0 Å². The van der Waals surface area contributed by atoms with Gasteiger partial charge < -0.3 is 0 Å². The second-order valence-electron chi connectivity index (χ2n) is 40.8. The molecule has 0 spiro atoms. The van der Waals surface area contributed by atoms with E-state index in [0.29, 0.717) is 17.8 Å². The maximum atomic E-state index is 5.62. The van der Waals surface area contributed by atoms with Crippen LogP contribution in [0.2, 0.25) is 0 Å². The molecule has 2 saturated carbocycles. The Morgan fingerprint density at radius 3 is 0.800 bits per heavy atom. The minimum atomic E-state index is -0.659. The third kappa shape index (κ3) is 20.8. The summed E-state index contributed by atoms with van der Waals surface area (Å²) >= 11 is 0. The molecule has 150 heavy (non-hydrogen) atoms. The Hall–Kier alpha value is -14.3. The van der Waals surface area contributed by atoms with Crippen molar-refractivity contribution in [2.45, 2.75) is 171 Å². The summed E-state index contributed by atoms with van der Waals surface area (Å²) in [5.41, 5.74) is 25.8. The standard InChI is InChI=1S/C47H40N3.C46H38N3.C45H38N3.3Ir/c1-33-28-37(31-40(29-33)46(2,38-18-6-4-7-19-38)42-22-12-14-26-48-42)45-41-25-24-35(34-16-10-11-17-34)30-36(41)32-44(50-45)47(3,39-20-8-5-9-21-39)43-23-13-15-27-49-43;1-45(37-19-5-3-6-20-37,41-24-11-13-28-47-41)39-23-15-18-35(31-39)44-40-27-26-34(33-16-9-10-17-33)30-36(40)32-43(49-44)46(2,38-21-7-4-8-22-38)42-25-12-14-29-48-42;1-31(2)33-22-23-39-34(28-33)30-42(45(5,37-18-10-7-11-19-37)41-21-13-15-25-47-41)48-43(39)35-26-32(3)27-38(29-35)44(4,36-16-8-6-9-17-36)40-20-12-14-24-46-40;;;/h4-9,12-15,18,20,22-30,32,34H,10-11,16-17H2,1-3H3;3-8,11-15,18-19,21,23-30,32-33H,9-10,16-17H2,1-2H3;6-16,18,20-28,30-31H,1-5H3;;;/q3*-3;3*+3/t46?,47-;45?,46-;44?,45-;;;/m111.../s1. The van der Waals surface area contributed by atoms with E-state index in [1.54, 1.807) is 0 Å². The molecule has 0 amide bonds. The van der Waals surface area contributed by atoms with Crippen LogP contribution in [-0.4, -0.2) is 44.9 Å². The van der Waals surface area contributed by atoms with Crippen LogP contribution in [0.15, 0.2) is 407 Å². The van der Waals surface area contributed by atoms with Crippen LogP contribution in [0.1, 0.15) is 254 Å². The average molecular weight is 2480 g/mol. The van der Waals surface area contributed by atoms with Crippen LogP contribution in [0.4, 0.5) is 0 Å². The summed E-state index contributed by atoms with van der Waals surface area (Å²) in [5.74, 6) is 1.59. The Bertz CT molecular complexity index is 7920. The molecule has 3 unspecified atom stereocenters. The number of fused-ring (bicyclic) bond motifs is 3. The molecule has 12 heteroatoms. The number of rotatable bonds is 24. The van der Waals surface area contributed by atoms with Gasteiger partial charge in [-0.1, -0.05) is 144 Å². The SMILES string of the molecule is CC(c1[c-]cccc1)(c1[c-]c(-c2nc([C@](C)(c3[c-]cccc3)c3ccccn3)cc3cc(C4CCCC4)ccc23)ccc1)c1ccccn1.Cc1cc(-c2nc([C@](C)(c3[c-]cccc3)c3ccccn3)cc3cc(C(C)C)ccc23)[c-]c(C(C)(c2[c-]cccc2)c2ccccn2)c1.Cc1cc(-c2nc([C@](C)(c3[c-]cccc3)c3ccccn3)cc3cc(C4CCCC4)ccc23)[c-]c(C(C)(c2[c-]cccc2)c2ccccn2)c1.[Ir+3].[Ir+3].[Ir+3]. The molecule has 740 valence electrons. The van der Waals surface area contributed by atoms with Crippen LogP contribution >= 0.6 is 0 Å². The Labute approximate surface area is 925 Å². The summed E-state index contributed by atoms with van der Waals surface area (Å²) in [4.78, 5) is 46.1. The van der Waals surface area contributed by atoms with Crippen LogP contribution < -0.4 is 0 Å². The van der Waals surface area contributed by atoms with E-state index in [1.807, 2.05) is 165 Å². The number of hydrogen-bond acceptors (Lipinski definition) is 9. The average Bonchev–Trinajstić information content (AvgIpc) is 0.841. The largest absolute Gasteiger partial charge is 3.00 e. The van der Waals surface area contributed by atoms with Gasteiger partial charge in [0.2, 0.25) is 0 Å². The molecule has 2 aliphatic carbocycles. The molecule has 9 nitrogen and oxygen atoms in total. The second kappa shape index (κ2) is 46.0. The maximum Gasteiger partial charge on any atom is 3.00 e. The molecule has 9 heterocycles. The molecule has 2 aliphatic rings. The summed E-state index contributed by atoms with van der Waals surface area (Å²) in [5, 5.41) is 6.83. The van der Waals surface area contributed by atoms with Crippen LogP contribution in [0, 0.1) is 68.4 Å². The van der Waals surface area contributed by atoms with Gasteiger partial charge in [0, 0.05) is 70.5 Å². The van der Waals surface area contributed by atoms with Gasteiger partial charge in [-0.15, -0.1) is 139 Å². The van der Waals surface area contributed by atoms with E-state index in [0.717, 1.165) is 168 Å². The number of benzene rings is 12. The van der Waals surface area contributed by atoms with Crippen molar-refractivity contribution in [1.29, 1.82) is 0 Å². The minimum Gasteiger partial charge on any atom is -0.299 e. The van der Waals surface area contributed by atoms with Crippen molar-refractivity contribution in [3.63, 3.8) is 0 Å². The summed E-state index contributed by atoms with van der Waals surface area (Å²) < 4.78 is 0. The Morgan fingerprint density at radius 2 is 0.507 bits per heavy atom. The molecule has 2 fully saturated rings. The molecule has 23 rings (SSSR count). The monoisotopic (exact) mass is 2480 g/mol. The predicted octanol–water partition coefficient (Wildman–Crippen LogP) is 31.5. The molecule has 0 radical (unpaired) electrons. The molecule has 21 aromatic rings. The molecule has 9 aromatic heterocycles. The first-order valence-corrected chi connectivity index (χ1v) is 51.6. The van der Waals surface area contributed by atoms with Gasteiger partial charge in [-0.2, -0.15) is 182 Å². The zero-order valence-electron chi connectivity index (χ0n) is 86.1. The molecule has 0 saturated heterocycles. The molecular formula is C138H116Ir3N9. The van der Waals surface area contributed by atoms with Crippen LogP contribution in [0.25, 0.3) is 66.1 Å². The van der Waals surface area contributed by atoms with E-state index in [-0.39, 0.29) is 60.3 Å². The van der Waals surface area contributed by atoms with Crippen molar-refractivity contribution in [3.8, 4) is 33.8 Å². The van der Waals surface area contributed by atoms with Gasteiger partial charge in [-0.05, 0) is 242 Å². The van der Waals surface area contributed by atoms with Gasteiger partial charge in [-0.3, -0.25) is 44.9 Å². The van der Waals surface area contributed by atoms with Crippen LogP contribution in [-0.2, 0) is 92.8 Å². The predicted molar refractivity (Wildman–Crippen MR) is 594 cm³/mol. The zero-order valence-corrected chi connectivity index (χ0v) is 93.3. The maximum absolute atomic E-state index is 5.62. The smallest absolute Gasteiger partial charge is 0.299 e. The first-order valence-electron chi connectivity index (χ1n) is 51.6. The summed E-state index contributed by atoms with van der Waals surface area (Å²) in [6.07, 6.45) is 21.4. The summed E-state index contributed by atoms with van der Waals surface area (Å²) in [6.45, 7) is 22.1. The molecule has 6 atom stereocenters. The fraction of sp³-hybridized carbons (Fsp3) is 0.196. The van der Waals surface area contributed by atoms with Crippen molar-refractivity contribution in [1.82, 2.24) is 44.9 Å². The first-order chi connectivity index (χ1) is 71.8. The molecular weight excluding hydrogens is 2360 g/mol. The van der Waals surface area contributed by atoms with Crippen LogP contribution in [0.3, 0.4) is 0 Å². The normalized spacial score (nSPS) is 15.0. The fourth-order valence-corrected chi connectivity index (χ4v) is 22.4. The van der Waals surface area contributed by atoms with Gasteiger partial charge in [-0.25, -0.2) is 0 Å². The van der Waals surface area contributed by atoms with E-state index < -0.39 is 32.5 Å². The summed E-state index contributed by atoms with van der Waals surface area (Å²) in [6, 6.07) is 162. The molecule has 12 aromatic carbocycles. The van der Waals surface area contributed by atoms with E-state index >= 15 is 0 Å². The topological polar surface area (TPSA) is 116 Å². The van der Waals surface area contributed by atoms with Gasteiger partial charge >= 0.3 is 60.3 Å². The third-order valence-electron chi connectivity index (χ3n) is 31.2. The van der Waals surface area contributed by atoms with Crippen molar-refractivity contribution >= 4 is 32.3 Å². The van der Waals surface area contributed by atoms with Crippen molar-refractivity contribution in [2.24, 2.45) is 0 Å². The van der Waals surface area contributed by atoms with E-state index in [9.17, 15) is 0 Å². The van der Waals surface area contributed by atoms with Gasteiger partial charge in [0.1, 0.15) is 0 Å². The number of hydrogen-bond donors (Lipinski definition) is 0. The van der Waals surface area contributed by atoms with Crippen molar-refractivity contribution in [3.05, 3.63) is 591 Å². The number of aromatic nitrogens is 9. The minimum absolute atomic E-state index is 0. The molecule has 0 bridgehead atoms. The Balaban J connectivity index is 0.000000145. The number of aryl methyl sites for hydroxylation is 2. The van der Waals surface area contributed by atoms with E-state index in [1.165, 1.54) is 78.8 Å². The first kappa shape index (κ1) is 106. The van der Waals surface area contributed by atoms with E-state index in [2.05, 4.69) is 366 Å².